The summed E-state index contributed by atoms with van der Waals surface area (Å²) in [7, 11) is 0. The molecule has 0 unspecified atom stereocenters. The fourth-order valence-corrected chi connectivity index (χ4v) is 1.60. The van der Waals surface area contributed by atoms with Gasteiger partial charge in [-0.1, -0.05) is 31.5 Å². The predicted molar refractivity (Wildman–Crippen MR) is 74.3 cm³/mol. The maximum atomic E-state index is 12.1. The molecule has 0 fully saturated rings. The summed E-state index contributed by atoms with van der Waals surface area (Å²) in [6.45, 7) is 4.06. The number of carboxylic acid groups (broad SMARTS) is 1. The van der Waals surface area contributed by atoms with Crippen LogP contribution in [0.5, 0.6) is 0 Å². The van der Waals surface area contributed by atoms with Crippen molar-refractivity contribution in [3.63, 3.8) is 0 Å². The number of carbonyl (C=O) groups excluding carboxylic acids is 1. The van der Waals surface area contributed by atoms with Crippen molar-refractivity contribution in [1.29, 1.82) is 0 Å². The van der Waals surface area contributed by atoms with Crippen molar-refractivity contribution >= 4 is 17.7 Å². The SMILES string of the molecule is CCCCN(C(=O)N[C@@H](C)C(=O)O)c1ccccc1. The summed E-state index contributed by atoms with van der Waals surface area (Å²) < 4.78 is 0. The topological polar surface area (TPSA) is 69.6 Å². The largest absolute Gasteiger partial charge is 0.480 e. The van der Waals surface area contributed by atoms with Crippen molar-refractivity contribution in [2.24, 2.45) is 0 Å². The van der Waals surface area contributed by atoms with Gasteiger partial charge in [-0.05, 0) is 25.5 Å². The fraction of sp³-hybridized carbons (Fsp3) is 0.429. The molecular weight excluding hydrogens is 244 g/mol. The van der Waals surface area contributed by atoms with Gasteiger partial charge in [0, 0.05) is 12.2 Å². The molecule has 19 heavy (non-hydrogen) atoms. The summed E-state index contributed by atoms with van der Waals surface area (Å²) in [4.78, 5) is 24.5. The van der Waals surface area contributed by atoms with Crippen LogP contribution in [0.4, 0.5) is 10.5 Å². The molecule has 0 saturated carbocycles. The minimum Gasteiger partial charge on any atom is -0.480 e. The van der Waals surface area contributed by atoms with Gasteiger partial charge in [-0.3, -0.25) is 9.69 Å². The Hall–Kier alpha value is -2.04. The highest BCUT2D eigenvalue weighted by Crippen LogP contribution is 2.14. The number of carbonyl (C=O) groups is 2. The van der Waals surface area contributed by atoms with Crippen molar-refractivity contribution in [1.82, 2.24) is 5.32 Å². The first-order chi connectivity index (χ1) is 9.06. The monoisotopic (exact) mass is 264 g/mol. The minimum atomic E-state index is -1.04. The van der Waals surface area contributed by atoms with Crippen LogP contribution in [-0.4, -0.2) is 29.7 Å². The van der Waals surface area contributed by atoms with E-state index in [2.05, 4.69) is 5.32 Å². The Morgan fingerprint density at radius 2 is 1.95 bits per heavy atom. The van der Waals surface area contributed by atoms with Crippen molar-refractivity contribution in [2.75, 3.05) is 11.4 Å². The average Bonchev–Trinajstić information content (AvgIpc) is 2.40. The zero-order valence-electron chi connectivity index (χ0n) is 11.3. The van der Waals surface area contributed by atoms with Gasteiger partial charge in [0.15, 0.2) is 0 Å². The number of nitrogens with zero attached hydrogens (tertiary/aromatic N) is 1. The van der Waals surface area contributed by atoms with Crippen LogP contribution >= 0.6 is 0 Å². The first-order valence-electron chi connectivity index (χ1n) is 6.42. The lowest BCUT2D eigenvalue weighted by molar-refractivity contribution is -0.138. The van der Waals surface area contributed by atoms with Crippen molar-refractivity contribution in [3.8, 4) is 0 Å². The average molecular weight is 264 g/mol. The van der Waals surface area contributed by atoms with Crippen LogP contribution in [-0.2, 0) is 4.79 Å². The zero-order valence-corrected chi connectivity index (χ0v) is 11.3. The van der Waals surface area contributed by atoms with E-state index in [0.717, 1.165) is 18.5 Å². The minimum absolute atomic E-state index is 0.380. The number of rotatable bonds is 6. The van der Waals surface area contributed by atoms with Crippen LogP contribution in [0.2, 0.25) is 0 Å². The van der Waals surface area contributed by atoms with E-state index in [1.807, 2.05) is 37.3 Å². The third kappa shape index (κ3) is 4.62. The van der Waals surface area contributed by atoms with E-state index in [1.165, 1.54) is 6.92 Å². The molecule has 0 saturated heterocycles. The van der Waals surface area contributed by atoms with Gasteiger partial charge in [0.25, 0.3) is 0 Å². The summed E-state index contributed by atoms with van der Waals surface area (Å²) >= 11 is 0. The van der Waals surface area contributed by atoms with E-state index in [9.17, 15) is 9.59 Å². The number of amides is 2. The molecule has 2 N–H and O–H groups in total. The van der Waals surface area contributed by atoms with Crippen molar-refractivity contribution in [2.45, 2.75) is 32.7 Å². The second kappa shape index (κ2) is 7.41. The van der Waals surface area contributed by atoms with Gasteiger partial charge in [-0.15, -0.1) is 0 Å². The third-order valence-electron chi connectivity index (χ3n) is 2.76. The molecule has 0 aliphatic rings. The second-order valence-corrected chi connectivity index (χ2v) is 4.35. The van der Waals surface area contributed by atoms with E-state index < -0.39 is 12.0 Å². The van der Waals surface area contributed by atoms with Gasteiger partial charge in [-0.25, -0.2) is 4.79 Å². The van der Waals surface area contributed by atoms with Crippen LogP contribution in [0.1, 0.15) is 26.7 Å². The van der Waals surface area contributed by atoms with Gasteiger partial charge >= 0.3 is 12.0 Å². The number of benzene rings is 1. The van der Waals surface area contributed by atoms with Gasteiger partial charge in [-0.2, -0.15) is 0 Å². The van der Waals surface area contributed by atoms with Gasteiger partial charge < -0.3 is 10.4 Å². The molecule has 1 rings (SSSR count). The molecule has 0 aromatic heterocycles. The summed E-state index contributed by atoms with van der Waals surface area (Å²) in [5.41, 5.74) is 0.769. The Bertz CT molecular complexity index is 420. The highest BCUT2D eigenvalue weighted by atomic mass is 16.4. The maximum Gasteiger partial charge on any atom is 0.325 e. The van der Waals surface area contributed by atoms with E-state index in [1.54, 1.807) is 4.90 Å². The predicted octanol–water partition coefficient (Wildman–Crippen LogP) is 2.48. The molecule has 1 aromatic rings. The lowest BCUT2D eigenvalue weighted by Gasteiger charge is -2.24. The Morgan fingerprint density at radius 3 is 2.47 bits per heavy atom. The highest BCUT2D eigenvalue weighted by molar-refractivity contribution is 5.94. The number of hydrogen-bond acceptors (Lipinski definition) is 2. The molecule has 5 nitrogen and oxygen atoms in total. The van der Waals surface area contributed by atoms with Crippen LogP contribution in [0.15, 0.2) is 30.3 Å². The fourth-order valence-electron chi connectivity index (χ4n) is 1.60. The molecule has 1 aromatic carbocycles. The van der Waals surface area contributed by atoms with Gasteiger partial charge in [0.1, 0.15) is 6.04 Å². The van der Waals surface area contributed by atoms with Crippen molar-refractivity contribution in [3.05, 3.63) is 30.3 Å². The molecule has 2 amide bonds. The summed E-state index contributed by atoms with van der Waals surface area (Å²) in [6, 6.07) is 7.96. The molecule has 0 aliphatic carbocycles. The molecule has 104 valence electrons. The van der Waals surface area contributed by atoms with Crippen LogP contribution in [0.25, 0.3) is 0 Å². The molecule has 0 spiro atoms. The summed E-state index contributed by atoms with van der Waals surface area (Å²) in [6.07, 6.45) is 1.83. The zero-order chi connectivity index (χ0) is 14.3. The number of anilines is 1. The van der Waals surface area contributed by atoms with Crippen molar-refractivity contribution < 1.29 is 14.7 Å². The van der Waals surface area contributed by atoms with E-state index in [4.69, 9.17) is 5.11 Å². The number of nitrogens with one attached hydrogen (secondary N) is 1. The lowest BCUT2D eigenvalue weighted by Crippen LogP contribution is -2.47. The van der Waals surface area contributed by atoms with E-state index in [0.29, 0.717) is 6.54 Å². The number of unbranched alkanes of at least 4 members (excludes halogenated alkanes) is 1. The Balaban J connectivity index is 2.79. The van der Waals surface area contributed by atoms with E-state index in [-0.39, 0.29) is 6.03 Å². The number of hydrogen-bond donors (Lipinski definition) is 2. The molecule has 0 radical (unpaired) electrons. The van der Waals surface area contributed by atoms with E-state index >= 15 is 0 Å². The number of urea groups is 1. The molecule has 1 atom stereocenters. The normalized spacial score (nSPS) is 11.7. The molecular formula is C14H20N2O3. The third-order valence-corrected chi connectivity index (χ3v) is 2.76. The van der Waals surface area contributed by atoms with Crippen LogP contribution in [0, 0.1) is 0 Å². The molecule has 5 heteroatoms. The lowest BCUT2D eigenvalue weighted by atomic mass is 10.2. The molecule has 0 heterocycles. The molecule has 0 aliphatic heterocycles. The number of aliphatic carboxylic acids is 1. The standard InChI is InChI=1S/C14H20N2O3/c1-3-4-10-16(12-8-6-5-7-9-12)14(19)15-11(2)13(17)18/h5-9,11H,3-4,10H2,1-2H3,(H,15,19)(H,17,18)/t11-/m0/s1. The first kappa shape index (κ1) is 15.0. The van der Waals surface area contributed by atoms with Gasteiger partial charge in [0.05, 0.1) is 0 Å². The van der Waals surface area contributed by atoms with Gasteiger partial charge in [0.2, 0.25) is 0 Å². The smallest absolute Gasteiger partial charge is 0.325 e. The Morgan fingerprint density at radius 1 is 1.32 bits per heavy atom. The maximum absolute atomic E-state index is 12.1. The van der Waals surface area contributed by atoms with Crippen LogP contribution in [0.3, 0.4) is 0 Å². The Kier molecular flexibility index (Phi) is 5.85. The summed E-state index contributed by atoms with van der Waals surface area (Å²) in [5, 5.41) is 11.3. The number of para-hydroxylation sites is 1. The first-order valence-corrected chi connectivity index (χ1v) is 6.42. The molecule has 0 bridgehead atoms. The Labute approximate surface area is 113 Å². The highest BCUT2D eigenvalue weighted by Gasteiger charge is 2.19. The van der Waals surface area contributed by atoms with Crippen LogP contribution < -0.4 is 10.2 Å². The quantitative estimate of drug-likeness (QED) is 0.829. The summed E-state index contributed by atoms with van der Waals surface area (Å²) in [5.74, 6) is -1.04. The second-order valence-electron chi connectivity index (χ2n) is 4.35. The number of carboxylic acids is 1.